The Kier molecular flexibility index (Phi) is 3.98. The zero-order chi connectivity index (χ0) is 12.8. The van der Waals surface area contributed by atoms with Crippen molar-refractivity contribution in [2.45, 2.75) is 6.54 Å². The van der Waals surface area contributed by atoms with Gasteiger partial charge in [-0.25, -0.2) is 0 Å². The molecular weight excluding hydrogens is 232 g/mol. The first-order chi connectivity index (χ1) is 8.79. The van der Waals surface area contributed by atoms with E-state index in [2.05, 4.69) is 20.7 Å². The van der Waals surface area contributed by atoms with Gasteiger partial charge in [0, 0.05) is 12.1 Å². The number of aromatic nitrogens is 4. The molecule has 1 amide bonds. The predicted octanol–water partition coefficient (Wildman–Crippen LogP) is -0.585. The quantitative estimate of drug-likeness (QED) is 0.735. The number of nitrogens with two attached hydrogens (primary N) is 1. The first-order valence-corrected chi connectivity index (χ1v) is 5.59. The molecule has 2 rings (SSSR count). The summed E-state index contributed by atoms with van der Waals surface area (Å²) in [6.45, 7) is 0.881. The molecule has 1 heterocycles. The van der Waals surface area contributed by atoms with E-state index in [0.29, 0.717) is 18.9 Å². The van der Waals surface area contributed by atoms with Gasteiger partial charge in [0.1, 0.15) is 0 Å². The molecule has 0 aliphatic heterocycles. The highest BCUT2D eigenvalue weighted by atomic mass is 16.1. The van der Waals surface area contributed by atoms with Crippen LogP contribution in [0.2, 0.25) is 0 Å². The summed E-state index contributed by atoms with van der Waals surface area (Å²) in [5.41, 5.74) is 6.08. The summed E-state index contributed by atoms with van der Waals surface area (Å²) in [5, 5.41) is 14.7. The van der Waals surface area contributed by atoms with Gasteiger partial charge in [0.05, 0.1) is 13.1 Å². The van der Waals surface area contributed by atoms with E-state index in [1.54, 1.807) is 0 Å². The van der Waals surface area contributed by atoms with Crippen LogP contribution in [0.3, 0.4) is 0 Å². The van der Waals surface area contributed by atoms with Crippen LogP contribution < -0.4 is 11.1 Å². The standard InChI is InChI=1S/C11H14N6O/c12-8-10(18)13-6-7-17-15-11(14-16-17)9-4-2-1-3-5-9/h1-5H,6-8,12H2,(H,13,18). The van der Waals surface area contributed by atoms with Crippen molar-refractivity contribution in [1.29, 1.82) is 0 Å². The molecule has 0 radical (unpaired) electrons. The smallest absolute Gasteiger partial charge is 0.233 e. The Labute approximate surface area is 104 Å². The highest BCUT2D eigenvalue weighted by Gasteiger charge is 2.05. The average molecular weight is 246 g/mol. The van der Waals surface area contributed by atoms with E-state index in [9.17, 15) is 4.79 Å². The van der Waals surface area contributed by atoms with Gasteiger partial charge in [-0.2, -0.15) is 4.80 Å². The van der Waals surface area contributed by atoms with Crippen LogP contribution in [0.5, 0.6) is 0 Å². The molecule has 7 nitrogen and oxygen atoms in total. The van der Waals surface area contributed by atoms with E-state index < -0.39 is 0 Å². The van der Waals surface area contributed by atoms with E-state index in [1.807, 2.05) is 30.3 Å². The molecule has 2 aromatic rings. The van der Waals surface area contributed by atoms with Gasteiger partial charge in [0.2, 0.25) is 11.7 Å². The summed E-state index contributed by atoms with van der Waals surface area (Å²) in [6.07, 6.45) is 0. The van der Waals surface area contributed by atoms with Gasteiger partial charge in [-0.1, -0.05) is 30.3 Å². The molecule has 0 saturated heterocycles. The molecule has 1 aromatic carbocycles. The maximum absolute atomic E-state index is 10.9. The fraction of sp³-hybridized carbons (Fsp3) is 0.273. The van der Waals surface area contributed by atoms with Crippen molar-refractivity contribution in [3.05, 3.63) is 30.3 Å². The molecule has 0 aliphatic rings. The molecule has 0 atom stereocenters. The van der Waals surface area contributed by atoms with Crippen LogP contribution in [0.15, 0.2) is 30.3 Å². The van der Waals surface area contributed by atoms with Gasteiger partial charge in [0.15, 0.2) is 0 Å². The Morgan fingerprint density at radius 1 is 1.33 bits per heavy atom. The molecule has 1 aromatic heterocycles. The Morgan fingerprint density at radius 2 is 2.11 bits per heavy atom. The van der Waals surface area contributed by atoms with Crippen molar-refractivity contribution >= 4 is 5.91 Å². The number of carbonyl (C=O) groups is 1. The fourth-order valence-corrected chi connectivity index (χ4v) is 1.41. The number of carbonyl (C=O) groups excluding carboxylic acids is 1. The highest BCUT2D eigenvalue weighted by Crippen LogP contribution is 2.11. The van der Waals surface area contributed by atoms with Crippen molar-refractivity contribution in [3.8, 4) is 11.4 Å². The first-order valence-electron chi connectivity index (χ1n) is 5.59. The van der Waals surface area contributed by atoms with Crippen LogP contribution >= 0.6 is 0 Å². The summed E-state index contributed by atoms with van der Waals surface area (Å²) >= 11 is 0. The largest absolute Gasteiger partial charge is 0.353 e. The summed E-state index contributed by atoms with van der Waals surface area (Å²) < 4.78 is 0. The number of benzene rings is 1. The number of hydrogen-bond acceptors (Lipinski definition) is 5. The summed E-state index contributed by atoms with van der Waals surface area (Å²) in [7, 11) is 0. The minimum atomic E-state index is -0.196. The lowest BCUT2D eigenvalue weighted by Gasteiger charge is -2.01. The summed E-state index contributed by atoms with van der Waals surface area (Å²) in [4.78, 5) is 12.4. The Bertz CT molecular complexity index is 509. The van der Waals surface area contributed by atoms with Gasteiger partial charge in [-0.05, 0) is 5.21 Å². The summed E-state index contributed by atoms with van der Waals surface area (Å²) in [5.74, 6) is 0.374. The van der Waals surface area contributed by atoms with Crippen LogP contribution in [0, 0.1) is 0 Å². The molecule has 7 heteroatoms. The minimum absolute atomic E-state index is 0.0138. The molecule has 3 N–H and O–H groups in total. The molecule has 0 unspecified atom stereocenters. The van der Waals surface area contributed by atoms with E-state index in [-0.39, 0.29) is 12.5 Å². The van der Waals surface area contributed by atoms with Gasteiger partial charge in [0.25, 0.3) is 0 Å². The Hall–Kier alpha value is -2.28. The lowest BCUT2D eigenvalue weighted by Crippen LogP contribution is -2.33. The first kappa shape index (κ1) is 12.2. The maximum Gasteiger partial charge on any atom is 0.233 e. The van der Waals surface area contributed by atoms with Crippen LogP contribution in [-0.2, 0) is 11.3 Å². The fourth-order valence-electron chi connectivity index (χ4n) is 1.41. The van der Waals surface area contributed by atoms with Gasteiger partial charge in [-0.3, -0.25) is 4.79 Å². The van der Waals surface area contributed by atoms with Crippen LogP contribution in [0.1, 0.15) is 0 Å². The lowest BCUT2D eigenvalue weighted by molar-refractivity contribution is -0.119. The van der Waals surface area contributed by atoms with Crippen LogP contribution in [-0.4, -0.2) is 39.2 Å². The molecule has 0 bridgehead atoms. The number of rotatable bonds is 5. The zero-order valence-corrected chi connectivity index (χ0v) is 9.78. The number of amides is 1. The van der Waals surface area contributed by atoms with E-state index >= 15 is 0 Å². The van der Waals surface area contributed by atoms with E-state index in [1.165, 1.54) is 4.80 Å². The maximum atomic E-state index is 10.9. The van der Waals surface area contributed by atoms with E-state index in [4.69, 9.17) is 5.73 Å². The molecule has 0 aliphatic carbocycles. The predicted molar refractivity (Wildman–Crippen MR) is 65.3 cm³/mol. The second-order valence-corrected chi connectivity index (χ2v) is 3.63. The molecule has 0 fully saturated rings. The summed E-state index contributed by atoms with van der Waals surface area (Å²) in [6, 6.07) is 9.58. The number of tetrazole rings is 1. The Morgan fingerprint density at radius 3 is 2.83 bits per heavy atom. The number of nitrogens with one attached hydrogen (secondary N) is 1. The lowest BCUT2D eigenvalue weighted by atomic mass is 10.2. The molecule has 0 saturated carbocycles. The highest BCUT2D eigenvalue weighted by molar-refractivity contribution is 5.77. The minimum Gasteiger partial charge on any atom is -0.353 e. The number of nitrogens with zero attached hydrogens (tertiary/aromatic N) is 4. The third-order valence-electron chi connectivity index (χ3n) is 2.30. The molecule has 94 valence electrons. The van der Waals surface area contributed by atoms with Gasteiger partial charge < -0.3 is 11.1 Å². The Balaban J connectivity index is 1.93. The SMILES string of the molecule is NCC(=O)NCCn1nnc(-c2ccccc2)n1. The third kappa shape index (κ3) is 3.11. The molecule has 0 spiro atoms. The van der Waals surface area contributed by atoms with Crippen molar-refractivity contribution in [1.82, 2.24) is 25.5 Å². The third-order valence-corrected chi connectivity index (χ3v) is 2.30. The van der Waals surface area contributed by atoms with Gasteiger partial charge in [-0.15, -0.1) is 10.2 Å². The monoisotopic (exact) mass is 246 g/mol. The number of hydrogen-bond donors (Lipinski definition) is 2. The normalized spacial score (nSPS) is 10.3. The van der Waals surface area contributed by atoms with Crippen molar-refractivity contribution in [2.24, 2.45) is 5.73 Å². The average Bonchev–Trinajstić information content (AvgIpc) is 2.88. The molecule has 18 heavy (non-hydrogen) atoms. The van der Waals surface area contributed by atoms with E-state index in [0.717, 1.165) is 5.56 Å². The van der Waals surface area contributed by atoms with Crippen molar-refractivity contribution in [2.75, 3.05) is 13.1 Å². The van der Waals surface area contributed by atoms with Crippen LogP contribution in [0.25, 0.3) is 11.4 Å². The van der Waals surface area contributed by atoms with Gasteiger partial charge >= 0.3 is 0 Å². The molecular formula is C11H14N6O. The van der Waals surface area contributed by atoms with Crippen molar-refractivity contribution < 1.29 is 4.79 Å². The second-order valence-electron chi connectivity index (χ2n) is 3.63. The topological polar surface area (TPSA) is 98.7 Å². The van der Waals surface area contributed by atoms with Crippen molar-refractivity contribution in [3.63, 3.8) is 0 Å². The zero-order valence-electron chi connectivity index (χ0n) is 9.78. The second kappa shape index (κ2) is 5.87. The van der Waals surface area contributed by atoms with Crippen LogP contribution in [0.4, 0.5) is 0 Å².